The highest BCUT2D eigenvalue weighted by Gasteiger charge is 2.46. The molecule has 2 heterocycles. The maximum atomic E-state index is 15.3. The van der Waals surface area contributed by atoms with E-state index in [1.54, 1.807) is 65.2 Å². The summed E-state index contributed by atoms with van der Waals surface area (Å²) in [6.45, 7) is 28.6. The predicted octanol–water partition coefficient (Wildman–Crippen LogP) is 3.28. The molecule has 26 heteroatoms. The molecule has 0 aliphatic carbocycles. The monoisotopic (exact) mass is 1310 g/mol. The van der Waals surface area contributed by atoms with Crippen LogP contribution in [-0.2, 0) is 57.5 Å². The molecule has 0 unspecified atom stereocenters. The summed E-state index contributed by atoms with van der Waals surface area (Å²) in [5.41, 5.74) is 0. The highest BCUT2D eigenvalue weighted by atomic mass is 16.6. The van der Waals surface area contributed by atoms with Crippen molar-refractivity contribution in [1.29, 1.82) is 0 Å². The lowest BCUT2D eigenvalue weighted by Gasteiger charge is -2.40. The van der Waals surface area contributed by atoms with E-state index < -0.39 is 162 Å². The van der Waals surface area contributed by atoms with Crippen molar-refractivity contribution in [3.05, 3.63) is 30.4 Å². The van der Waals surface area contributed by atoms with E-state index in [0.29, 0.717) is 5.82 Å². The van der Waals surface area contributed by atoms with E-state index in [2.05, 4.69) is 31.2 Å². The van der Waals surface area contributed by atoms with Gasteiger partial charge in [-0.1, -0.05) is 110 Å². The van der Waals surface area contributed by atoms with Crippen LogP contribution in [0, 0.1) is 47.3 Å². The molecule has 0 radical (unpaired) electrons. The minimum absolute atomic E-state index is 0.0631. The molecule has 0 spiro atoms. The van der Waals surface area contributed by atoms with Crippen LogP contribution in [0.2, 0.25) is 0 Å². The number of nitrogens with zero attached hydrogens (tertiary/aromatic N) is 8. The van der Waals surface area contributed by atoms with Crippen molar-refractivity contribution in [2.24, 2.45) is 47.3 Å². The maximum absolute atomic E-state index is 15.3. The van der Waals surface area contributed by atoms with Gasteiger partial charge in [0, 0.05) is 54.7 Å². The first kappa shape index (κ1) is 82.0. The number of nitrogens with one attached hydrogen (secondary N) is 4. The standard InChI is InChI=1S/C67H114N12O14/c1-36(2)30-46-62(87)76(20)49(33-39(7)8)58(83)70-44(16)67(92)93-57(42(13)14)66(91)77(21)50(34-40(9)10)60(85)72-47(31-37(3)4)63(88)78(22)54(41(11)12)65(90)79(23)55(56(82)43(15)26-24-27-51-68-28-25-29-69-51)61(86)73-53(45(17)80)64(89)74(18)35-52(81)75(19)48(32-38(5)6)59(84)71-46/h24-25,27-29,36-50,53-57,80,82H,26,30-35H2,1-23H3,(H,70,83)(H,71,84)(H,72,85)(H,73,86)/t43-,44-,45-,46-,47-,48+,49-,50-,53-,54-,55-,56-,57+/m1/s1. The van der Waals surface area contributed by atoms with E-state index >= 15 is 14.4 Å². The molecule has 1 fully saturated rings. The Bertz CT molecular complexity index is 2710. The molecule has 13 atom stereocenters. The van der Waals surface area contributed by atoms with Gasteiger partial charge in [0.1, 0.15) is 54.4 Å². The van der Waals surface area contributed by atoms with E-state index in [1.165, 1.54) is 70.8 Å². The normalized spacial score (nSPS) is 25.9. The summed E-state index contributed by atoms with van der Waals surface area (Å²) in [4.78, 5) is 177. The summed E-state index contributed by atoms with van der Waals surface area (Å²) < 4.78 is 5.90. The molecule has 1 aliphatic rings. The minimum atomic E-state index is -1.81. The van der Waals surface area contributed by atoms with E-state index in [0.717, 1.165) is 14.7 Å². The number of carbonyl (C=O) groups is 11. The van der Waals surface area contributed by atoms with E-state index in [4.69, 9.17) is 4.74 Å². The molecule has 526 valence electrons. The maximum Gasteiger partial charge on any atom is 0.329 e. The average Bonchev–Trinajstić information content (AvgIpc) is 0.837. The molecular formula is C67H114N12O14. The van der Waals surface area contributed by atoms with Crippen LogP contribution >= 0.6 is 0 Å². The van der Waals surface area contributed by atoms with Crippen molar-refractivity contribution in [3.63, 3.8) is 0 Å². The summed E-state index contributed by atoms with van der Waals surface area (Å²) >= 11 is 0. The lowest BCUT2D eigenvalue weighted by molar-refractivity contribution is -0.166. The van der Waals surface area contributed by atoms with Crippen molar-refractivity contribution in [2.45, 2.75) is 229 Å². The highest BCUT2D eigenvalue weighted by molar-refractivity contribution is 5.99. The molecule has 0 aromatic carbocycles. The minimum Gasteiger partial charge on any atom is -0.450 e. The van der Waals surface area contributed by atoms with Gasteiger partial charge in [0.2, 0.25) is 53.2 Å². The molecule has 93 heavy (non-hydrogen) atoms. The molecule has 0 bridgehead atoms. The number of aromatic nitrogens is 2. The number of likely N-dealkylation sites (N-methyl/N-ethyl adjacent to an activating group) is 6. The van der Waals surface area contributed by atoms with Crippen LogP contribution in [0.25, 0.3) is 6.08 Å². The second kappa shape index (κ2) is 37.7. The number of carbonyl (C=O) groups excluding carboxylic acids is 11. The van der Waals surface area contributed by atoms with Crippen LogP contribution in [0.15, 0.2) is 24.5 Å². The lowest BCUT2D eigenvalue weighted by atomic mass is 9.91. The first-order chi connectivity index (χ1) is 43.1. The number of esters is 1. The number of aliphatic hydroxyl groups is 2. The number of hydrogen-bond acceptors (Lipinski definition) is 16. The fourth-order valence-electron chi connectivity index (χ4n) is 11.3. The van der Waals surface area contributed by atoms with Crippen molar-refractivity contribution in [1.82, 2.24) is 60.6 Å². The molecule has 2 rings (SSSR count). The Morgan fingerprint density at radius 3 is 1.35 bits per heavy atom. The predicted molar refractivity (Wildman–Crippen MR) is 353 cm³/mol. The van der Waals surface area contributed by atoms with Crippen LogP contribution in [0.3, 0.4) is 0 Å². The van der Waals surface area contributed by atoms with E-state index in [1.807, 2.05) is 69.2 Å². The Morgan fingerprint density at radius 1 is 0.505 bits per heavy atom. The Labute approximate surface area is 552 Å². The second-order valence-corrected chi connectivity index (χ2v) is 28.2. The Kier molecular flexibility index (Phi) is 33.3. The van der Waals surface area contributed by atoms with Gasteiger partial charge in [-0.25, -0.2) is 14.8 Å². The zero-order valence-corrected chi connectivity index (χ0v) is 59.8. The van der Waals surface area contributed by atoms with Crippen LogP contribution in [0.1, 0.15) is 162 Å². The number of allylic oxidation sites excluding steroid dienone is 1. The molecule has 1 aromatic heterocycles. The lowest BCUT2D eigenvalue weighted by Crippen LogP contribution is -2.64. The Morgan fingerprint density at radius 2 is 0.925 bits per heavy atom. The number of hydrogen-bond donors (Lipinski definition) is 6. The van der Waals surface area contributed by atoms with Gasteiger partial charge in [-0.05, 0) is 112 Å². The summed E-state index contributed by atoms with van der Waals surface area (Å²) in [5, 5.41) is 34.6. The highest BCUT2D eigenvalue weighted by Crippen LogP contribution is 2.25. The zero-order valence-electron chi connectivity index (χ0n) is 59.8. The van der Waals surface area contributed by atoms with Crippen LogP contribution in [0.5, 0.6) is 0 Å². The third-order valence-corrected chi connectivity index (χ3v) is 16.7. The molecule has 1 aromatic rings. The van der Waals surface area contributed by atoms with E-state index in [9.17, 15) is 48.6 Å². The largest absolute Gasteiger partial charge is 0.450 e. The molecular weight excluding hydrogens is 1200 g/mol. The number of rotatable bonds is 18. The van der Waals surface area contributed by atoms with Gasteiger partial charge in [-0.2, -0.15) is 0 Å². The molecule has 6 N–H and O–H groups in total. The van der Waals surface area contributed by atoms with Crippen molar-refractivity contribution in [2.75, 3.05) is 48.8 Å². The summed E-state index contributed by atoms with van der Waals surface area (Å²) in [5.74, 6) is -11.6. The second-order valence-electron chi connectivity index (χ2n) is 28.2. The third kappa shape index (κ3) is 24.3. The number of aliphatic hydroxyl groups excluding tert-OH is 2. The number of ether oxygens (including phenoxy) is 1. The number of amides is 10. The van der Waals surface area contributed by atoms with Crippen molar-refractivity contribution < 1.29 is 67.7 Å². The first-order valence-corrected chi connectivity index (χ1v) is 32.9. The quantitative estimate of drug-likeness (QED) is 0.115. The summed E-state index contributed by atoms with van der Waals surface area (Å²) in [6, 6.07) is -10.8. The van der Waals surface area contributed by atoms with Gasteiger partial charge < -0.3 is 65.6 Å². The van der Waals surface area contributed by atoms with Crippen LogP contribution < -0.4 is 21.3 Å². The zero-order chi connectivity index (χ0) is 71.4. The third-order valence-electron chi connectivity index (χ3n) is 16.7. The topological polar surface area (TPSA) is 331 Å². The smallest absolute Gasteiger partial charge is 0.329 e. The van der Waals surface area contributed by atoms with Gasteiger partial charge >= 0.3 is 5.97 Å². The summed E-state index contributed by atoms with van der Waals surface area (Å²) in [6.07, 6.45) is 2.17. The fourth-order valence-corrected chi connectivity index (χ4v) is 11.3. The summed E-state index contributed by atoms with van der Waals surface area (Å²) in [7, 11) is 8.07. The van der Waals surface area contributed by atoms with Crippen LogP contribution in [0.4, 0.5) is 0 Å². The van der Waals surface area contributed by atoms with Crippen molar-refractivity contribution >= 4 is 71.1 Å². The first-order valence-electron chi connectivity index (χ1n) is 32.9. The molecule has 0 saturated carbocycles. The Hall–Kier alpha value is -7.09. The molecule has 10 amide bonds. The number of cyclic esters (lactones) is 1. The molecule has 1 aliphatic heterocycles. The van der Waals surface area contributed by atoms with Gasteiger partial charge in [0.15, 0.2) is 11.9 Å². The van der Waals surface area contributed by atoms with Crippen molar-refractivity contribution in [3.8, 4) is 0 Å². The van der Waals surface area contributed by atoms with E-state index in [-0.39, 0.29) is 68.1 Å². The SMILES string of the molecule is CC(C)C[C@@H]1C(=O)N[C@H](CC(C)C)C(=O)N(C)[C@H](C(C)C)C(=O)N(C)[C@H]([C@H](O)[C@H](C)CC=Cc2ncccn2)C(=O)N[C@H]([C@@H](C)O)C(=O)N(C)CC(=O)N(C)[C@@H](CC(C)C)C(=O)N[C@H](CC(C)C)C(=O)N(C)[C@H](CC(C)C)C(=O)N[C@H](C)C(=O)O[C@@H](C(C)C)C(=O)N1C. The molecule has 26 nitrogen and oxygen atoms in total. The van der Waals surface area contributed by atoms with Gasteiger partial charge in [-0.15, -0.1) is 0 Å². The van der Waals surface area contributed by atoms with Gasteiger partial charge in [0.05, 0.1) is 18.8 Å². The van der Waals surface area contributed by atoms with Gasteiger partial charge in [0.25, 0.3) is 5.91 Å². The Balaban J connectivity index is 3.04. The van der Waals surface area contributed by atoms with Gasteiger partial charge in [-0.3, -0.25) is 47.9 Å². The van der Waals surface area contributed by atoms with Crippen LogP contribution in [-0.4, -0.2) is 236 Å². The molecule has 1 saturated heterocycles. The average molecular weight is 1310 g/mol. The fraction of sp³-hybridized carbons (Fsp3) is 0.746.